The standard InChI is InChI=1S/C4HN4S2/c1-4(10-7-5-1)3-2-9-8-6-3/h2H. The first-order chi connectivity index (χ1) is 4.97. The lowest BCUT2D eigenvalue weighted by atomic mass is 10.4. The molecule has 0 aliphatic heterocycles. The minimum Gasteiger partial charge on any atom is -0.137 e. The van der Waals surface area contributed by atoms with E-state index < -0.39 is 0 Å². The van der Waals surface area contributed by atoms with E-state index >= 15 is 0 Å². The van der Waals surface area contributed by atoms with Crippen molar-refractivity contribution in [1.82, 2.24) is 19.2 Å². The average molecular weight is 169 g/mol. The lowest BCUT2D eigenvalue weighted by Crippen LogP contribution is -1.70. The third kappa shape index (κ3) is 0.910. The molecule has 0 saturated heterocycles. The molecule has 0 amide bonds. The van der Waals surface area contributed by atoms with Crippen LogP contribution in [0.2, 0.25) is 0 Å². The number of hydrogen-bond donors (Lipinski definition) is 0. The first-order valence-corrected chi connectivity index (χ1v) is 4.05. The van der Waals surface area contributed by atoms with Gasteiger partial charge in [-0.2, -0.15) is 0 Å². The largest absolute Gasteiger partial charge is 0.137 e. The van der Waals surface area contributed by atoms with E-state index in [-0.39, 0.29) is 0 Å². The Balaban J connectivity index is 2.48. The summed E-state index contributed by atoms with van der Waals surface area (Å²) in [6.45, 7) is 0. The lowest BCUT2D eigenvalue weighted by molar-refractivity contribution is 1.14. The molecule has 49 valence electrons. The van der Waals surface area contributed by atoms with E-state index in [2.05, 4.69) is 25.4 Å². The van der Waals surface area contributed by atoms with E-state index in [1.54, 1.807) is 0 Å². The minimum absolute atomic E-state index is 0.806. The van der Waals surface area contributed by atoms with E-state index in [9.17, 15) is 0 Å². The fourth-order valence-corrected chi connectivity index (χ4v) is 1.47. The lowest BCUT2D eigenvalue weighted by Gasteiger charge is -1.77. The predicted molar refractivity (Wildman–Crippen MR) is 37.6 cm³/mol. The molecule has 0 aliphatic carbocycles. The van der Waals surface area contributed by atoms with Gasteiger partial charge < -0.3 is 0 Å². The van der Waals surface area contributed by atoms with Crippen molar-refractivity contribution in [2.24, 2.45) is 0 Å². The van der Waals surface area contributed by atoms with Crippen LogP contribution >= 0.6 is 23.1 Å². The van der Waals surface area contributed by atoms with Crippen LogP contribution in [-0.2, 0) is 0 Å². The van der Waals surface area contributed by atoms with Gasteiger partial charge in [-0.1, -0.05) is 8.98 Å². The van der Waals surface area contributed by atoms with Crippen molar-refractivity contribution in [3.05, 3.63) is 11.6 Å². The summed E-state index contributed by atoms with van der Waals surface area (Å²) in [5.41, 5.74) is 0.806. The highest BCUT2D eigenvalue weighted by Crippen LogP contribution is 2.18. The second-order valence-electron chi connectivity index (χ2n) is 1.50. The monoisotopic (exact) mass is 169 g/mol. The smallest absolute Gasteiger partial charge is 0.137 e. The number of aromatic nitrogens is 4. The van der Waals surface area contributed by atoms with Gasteiger partial charge in [0.1, 0.15) is 16.8 Å². The molecule has 0 N–H and O–H groups in total. The maximum Gasteiger partial charge on any atom is 0.137 e. The summed E-state index contributed by atoms with van der Waals surface area (Å²) in [7, 11) is 0. The molecule has 0 atom stereocenters. The first kappa shape index (κ1) is 5.87. The molecule has 0 spiro atoms. The van der Waals surface area contributed by atoms with Crippen LogP contribution in [0.15, 0.2) is 5.38 Å². The predicted octanol–water partition coefficient (Wildman–Crippen LogP) is 0.857. The second kappa shape index (κ2) is 2.39. The summed E-state index contributed by atoms with van der Waals surface area (Å²) < 4.78 is 7.35. The van der Waals surface area contributed by atoms with Crippen molar-refractivity contribution >= 4 is 23.1 Å². The Bertz CT molecular complexity index is 255. The Morgan fingerprint density at radius 2 is 2.40 bits per heavy atom. The molecule has 0 bridgehead atoms. The third-order valence-electron chi connectivity index (χ3n) is 0.917. The van der Waals surface area contributed by atoms with Gasteiger partial charge in [0, 0.05) is 5.38 Å². The van der Waals surface area contributed by atoms with Crippen LogP contribution in [0.25, 0.3) is 10.6 Å². The summed E-state index contributed by atoms with van der Waals surface area (Å²) in [6, 6.07) is 0. The van der Waals surface area contributed by atoms with Gasteiger partial charge in [0.15, 0.2) is 0 Å². The molecule has 0 fully saturated rings. The van der Waals surface area contributed by atoms with E-state index in [1.165, 1.54) is 23.1 Å². The Morgan fingerprint density at radius 1 is 1.40 bits per heavy atom. The van der Waals surface area contributed by atoms with Crippen molar-refractivity contribution < 1.29 is 0 Å². The number of nitrogens with zero attached hydrogens (tertiary/aromatic N) is 4. The number of hydrogen-bond acceptors (Lipinski definition) is 6. The zero-order valence-electron chi connectivity index (χ0n) is 4.68. The van der Waals surface area contributed by atoms with Gasteiger partial charge in [-0.25, -0.2) is 0 Å². The van der Waals surface area contributed by atoms with Crippen LogP contribution in [0.5, 0.6) is 0 Å². The SMILES string of the molecule is [c]1nnsc1-c1csnn1. The summed E-state index contributed by atoms with van der Waals surface area (Å²) in [5.74, 6) is 0. The van der Waals surface area contributed by atoms with Crippen molar-refractivity contribution in [1.29, 1.82) is 0 Å². The van der Waals surface area contributed by atoms with E-state index in [0.717, 1.165) is 10.6 Å². The molecule has 2 rings (SSSR count). The van der Waals surface area contributed by atoms with Gasteiger partial charge >= 0.3 is 0 Å². The molecular weight excluding hydrogens is 168 g/mol. The maximum absolute atomic E-state index is 3.83. The molecule has 0 aliphatic rings. The molecule has 6 heteroatoms. The molecule has 1 radical (unpaired) electrons. The van der Waals surface area contributed by atoms with Gasteiger partial charge in [-0.05, 0) is 23.1 Å². The van der Waals surface area contributed by atoms with Crippen molar-refractivity contribution in [3.63, 3.8) is 0 Å². The molecule has 0 aromatic carbocycles. The normalized spacial score (nSPS) is 10.0. The van der Waals surface area contributed by atoms with Crippen LogP contribution < -0.4 is 0 Å². The Labute approximate surface area is 64.9 Å². The van der Waals surface area contributed by atoms with Crippen LogP contribution in [0.4, 0.5) is 0 Å². The fraction of sp³-hybridized carbons (Fsp3) is 0. The first-order valence-electron chi connectivity index (χ1n) is 2.44. The molecule has 2 aromatic rings. The molecular formula is C4HN4S2. The quantitative estimate of drug-likeness (QED) is 0.635. The van der Waals surface area contributed by atoms with E-state index in [1.807, 2.05) is 5.38 Å². The molecule has 2 aromatic heterocycles. The van der Waals surface area contributed by atoms with Gasteiger partial charge in [0.25, 0.3) is 0 Å². The highest BCUT2D eigenvalue weighted by atomic mass is 32.1. The molecule has 2 heterocycles. The van der Waals surface area contributed by atoms with Gasteiger partial charge in [0.2, 0.25) is 0 Å². The Hall–Kier alpha value is -0.880. The highest BCUT2D eigenvalue weighted by molar-refractivity contribution is 7.09. The van der Waals surface area contributed by atoms with Crippen LogP contribution in [0.1, 0.15) is 0 Å². The van der Waals surface area contributed by atoms with Gasteiger partial charge in [-0.3, -0.25) is 0 Å². The number of rotatable bonds is 1. The molecule has 4 nitrogen and oxygen atoms in total. The van der Waals surface area contributed by atoms with Crippen molar-refractivity contribution in [2.75, 3.05) is 0 Å². The Morgan fingerprint density at radius 3 is 3.00 bits per heavy atom. The summed E-state index contributed by atoms with van der Waals surface area (Å²) in [4.78, 5) is 0.841. The van der Waals surface area contributed by atoms with Gasteiger partial charge in [-0.15, -0.1) is 10.2 Å². The van der Waals surface area contributed by atoms with Crippen LogP contribution in [-0.4, -0.2) is 19.2 Å². The van der Waals surface area contributed by atoms with E-state index in [0.29, 0.717) is 0 Å². The minimum atomic E-state index is 0.806. The average Bonchev–Trinajstić information content (AvgIpc) is 2.59. The van der Waals surface area contributed by atoms with Crippen molar-refractivity contribution in [2.45, 2.75) is 0 Å². The highest BCUT2D eigenvalue weighted by Gasteiger charge is 2.02. The van der Waals surface area contributed by atoms with E-state index in [4.69, 9.17) is 0 Å². The molecule has 0 unspecified atom stereocenters. The maximum atomic E-state index is 3.83. The molecule has 0 saturated carbocycles. The Kier molecular flexibility index (Phi) is 1.40. The zero-order chi connectivity index (χ0) is 6.81. The summed E-state index contributed by atoms with van der Waals surface area (Å²) in [5, 5.41) is 9.22. The van der Waals surface area contributed by atoms with Crippen LogP contribution in [0, 0.1) is 6.20 Å². The summed E-state index contributed by atoms with van der Waals surface area (Å²) >= 11 is 2.58. The fourth-order valence-electron chi connectivity index (χ4n) is 0.515. The van der Waals surface area contributed by atoms with Crippen molar-refractivity contribution in [3.8, 4) is 10.6 Å². The third-order valence-corrected chi connectivity index (χ3v) is 2.07. The second-order valence-corrected chi connectivity index (χ2v) is 2.87. The van der Waals surface area contributed by atoms with Gasteiger partial charge in [0.05, 0.1) is 0 Å². The molecule has 10 heavy (non-hydrogen) atoms. The summed E-state index contributed by atoms with van der Waals surface area (Å²) in [6.07, 6.45) is 2.70. The topological polar surface area (TPSA) is 51.6 Å². The van der Waals surface area contributed by atoms with Crippen LogP contribution in [0.3, 0.4) is 0 Å². The zero-order valence-corrected chi connectivity index (χ0v) is 6.32.